The second kappa shape index (κ2) is 8.13. The number of rotatable bonds is 2. The standard InChI is InChI=1S/C34H34/c1-33(2,3)27-19-15-23(16-20-27)29-11-7-9-25-13-14-26-10-8-12-30(32(26)31(25)29)24-17-21-28(22-18-24)34(4,5)6/h7-22H,1-6H3. The molecule has 0 saturated heterocycles. The lowest BCUT2D eigenvalue weighted by atomic mass is 9.84. The minimum atomic E-state index is 0.149. The van der Waals surface area contributed by atoms with Crippen molar-refractivity contribution in [1.82, 2.24) is 0 Å². The summed E-state index contributed by atoms with van der Waals surface area (Å²) >= 11 is 0. The Morgan fingerprint density at radius 2 is 0.735 bits per heavy atom. The largest absolute Gasteiger partial charge is 0.0610 e. The highest BCUT2D eigenvalue weighted by Gasteiger charge is 2.17. The molecule has 0 saturated carbocycles. The maximum Gasteiger partial charge on any atom is -0.00206 e. The summed E-state index contributed by atoms with van der Waals surface area (Å²) in [5, 5.41) is 5.23. The zero-order valence-electron chi connectivity index (χ0n) is 21.2. The van der Waals surface area contributed by atoms with Crippen LogP contribution in [0.3, 0.4) is 0 Å². The molecule has 0 amide bonds. The van der Waals surface area contributed by atoms with Gasteiger partial charge in [-0.15, -0.1) is 0 Å². The molecular weight excluding hydrogens is 408 g/mol. The van der Waals surface area contributed by atoms with Crippen LogP contribution in [-0.2, 0) is 10.8 Å². The Labute approximate surface area is 204 Å². The second-order valence-corrected chi connectivity index (χ2v) is 11.5. The first kappa shape index (κ1) is 22.4. The van der Waals surface area contributed by atoms with Crippen molar-refractivity contribution in [1.29, 1.82) is 0 Å². The van der Waals surface area contributed by atoms with Gasteiger partial charge in [0.2, 0.25) is 0 Å². The summed E-state index contributed by atoms with van der Waals surface area (Å²) in [6, 6.07) is 36.2. The molecule has 0 spiro atoms. The summed E-state index contributed by atoms with van der Waals surface area (Å²) in [6.45, 7) is 13.6. The van der Waals surface area contributed by atoms with Crippen LogP contribution in [-0.4, -0.2) is 0 Å². The number of hydrogen-bond donors (Lipinski definition) is 0. The molecule has 0 fully saturated rings. The van der Waals surface area contributed by atoms with Crippen LogP contribution in [0.5, 0.6) is 0 Å². The predicted molar refractivity (Wildman–Crippen MR) is 150 cm³/mol. The van der Waals surface area contributed by atoms with Crippen LogP contribution in [0.25, 0.3) is 43.8 Å². The molecule has 0 radical (unpaired) electrons. The summed E-state index contributed by atoms with van der Waals surface area (Å²) in [6.07, 6.45) is 0. The van der Waals surface area contributed by atoms with Crippen LogP contribution in [0.4, 0.5) is 0 Å². The monoisotopic (exact) mass is 442 g/mol. The molecule has 0 heterocycles. The first-order chi connectivity index (χ1) is 16.1. The first-order valence-electron chi connectivity index (χ1n) is 12.3. The van der Waals surface area contributed by atoms with E-state index in [9.17, 15) is 0 Å². The van der Waals surface area contributed by atoms with Crippen LogP contribution in [0, 0.1) is 0 Å². The molecule has 5 rings (SSSR count). The number of hydrogen-bond acceptors (Lipinski definition) is 0. The lowest BCUT2D eigenvalue weighted by Gasteiger charge is -2.20. The maximum absolute atomic E-state index is 2.29. The lowest BCUT2D eigenvalue weighted by molar-refractivity contribution is 0.590. The van der Waals surface area contributed by atoms with Crippen LogP contribution < -0.4 is 0 Å². The quantitative estimate of drug-likeness (QED) is 0.239. The Balaban J connectivity index is 1.76. The average Bonchev–Trinajstić information content (AvgIpc) is 2.82. The van der Waals surface area contributed by atoms with Crippen molar-refractivity contribution in [2.24, 2.45) is 0 Å². The average molecular weight is 443 g/mol. The van der Waals surface area contributed by atoms with Gasteiger partial charge in [-0.3, -0.25) is 0 Å². The van der Waals surface area contributed by atoms with Crippen molar-refractivity contribution >= 4 is 21.5 Å². The van der Waals surface area contributed by atoms with Crippen LogP contribution in [0.15, 0.2) is 97.1 Å². The Morgan fingerprint density at radius 1 is 0.382 bits per heavy atom. The Bertz CT molecular complexity index is 1350. The highest BCUT2D eigenvalue weighted by Crippen LogP contribution is 2.40. The fraction of sp³-hybridized carbons (Fsp3) is 0.235. The van der Waals surface area contributed by atoms with Crippen molar-refractivity contribution in [2.75, 3.05) is 0 Å². The minimum absolute atomic E-state index is 0.149. The molecule has 0 bridgehead atoms. The molecule has 34 heavy (non-hydrogen) atoms. The molecule has 170 valence electrons. The van der Waals surface area contributed by atoms with Gasteiger partial charge in [-0.1, -0.05) is 139 Å². The third-order valence-electron chi connectivity index (χ3n) is 7.01. The fourth-order valence-corrected chi connectivity index (χ4v) is 4.94. The topological polar surface area (TPSA) is 0 Å². The van der Waals surface area contributed by atoms with E-state index in [1.165, 1.54) is 54.9 Å². The van der Waals surface area contributed by atoms with Gasteiger partial charge in [-0.25, -0.2) is 0 Å². The normalized spacial score (nSPS) is 12.4. The van der Waals surface area contributed by atoms with Crippen molar-refractivity contribution in [2.45, 2.75) is 52.4 Å². The molecular formula is C34H34. The Hall–Kier alpha value is -3.38. The third-order valence-corrected chi connectivity index (χ3v) is 7.01. The molecule has 0 N–H and O–H groups in total. The maximum atomic E-state index is 2.29. The van der Waals surface area contributed by atoms with Gasteiger partial charge in [0.25, 0.3) is 0 Å². The van der Waals surface area contributed by atoms with Crippen molar-refractivity contribution in [3.63, 3.8) is 0 Å². The van der Waals surface area contributed by atoms with Crippen LogP contribution >= 0.6 is 0 Å². The smallest absolute Gasteiger partial charge is 0.00206 e. The van der Waals surface area contributed by atoms with Crippen molar-refractivity contribution < 1.29 is 0 Å². The van der Waals surface area contributed by atoms with E-state index in [1.807, 2.05) is 0 Å². The van der Waals surface area contributed by atoms with Gasteiger partial charge in [0.05, 0.1) is 0 Å². The SMILES string of the molecule is CC(C)(C)c1ccc(-c2cccc3ccc4cccc(-c5ccc(C(C)(C)C)cc5)c4c23)cc1. The summed E-state index contributed by atoms with van der Waals surface area (Å²) in [5.41, 5.74) is 8.15. The van der Waals surface area contributed by atoms with Gasteiger partial charge >= 0.3 is 0 Å². The molecule has 0 unspecified atom stereocenters. The highest BCUT2D eigenvalue weighted by molar-refractivity contribution is 6.19. The molecule has 0 heteroatoms. The Kier molecular flexibility index (Phi) is 5.36. The van der Waals surface area contributed by atoms with Gasteiger partial charge in [0.15, 0.2) is 0 Å². The molecule has 0 nitrogen and oxygen atoms in total. The lowest BCUT2D eigenvalue weighted by Crippen LogP contribution is -2.10. The van der Waals surface area contributed by atoms with Crippen LogP contribution in [0.1, 0.15) is 52.7 Å². The molecule has 0 atom stereocenters. The summed E-state index contributed by atoms with van der Waals surface area (Å²) in [4.78, 5) is 0. The van der Waals surface area contributed by atoms with Gasteiger partial charge in [0.1, 0.15) is 0 Å². The molecule has 0 aliphatic heterocycles. The van der Waals surface area contributed by atoms with E-state index in [0.29, 0.717) is 0 Å². The van der Waals surface area contributed by atoms with Crippen molar-refractivity contribution in [3.05, 3.63) is 108 Å². The first-order valence-corrected chi connectivity index (χ1v) is 12.3. The molecule has 0 aliphatic carbocycles. The number of benzene rings is 5. The minimum Gasteiger partial charge on any atom is -0.0610 e. The van der Waals surface area contributed by atoms with Crippen LogP contribution in [0.2, 0.25) is 0 Å². The Morgan fingerprint density at radius 3 is 1.06 bits per heavy atom. The van der Waals surface area contributed by atoms with Gasteiger partial charge in [-0.05, 0) is 65.8 Å². The van der Waals surface area contributed by atoms with E-state index in [2.05, 4.69) is 139 Å². The molecule has 5 aromatic carbocycles. The number of fused-ring (bicyclic) bond motifs is 3. The zero-order valence-corrected chi connectivity index (χ0v) is 21.2. The summed E-state index contributed by atoms with van der Waals surface area (Å²) < 4.78 is 0. The van der Waals surface area contributed by atoms with E-state index in [0.717, 1.165) is 0 Å². The molecule has 0 aliphatic rings. The summed E-state index contributed by atoms with van der Waals surface area (Å²) in [5.74, 6) is 0. The summed E-state index contributed by atoms with van der Waals surface area (Å²) in [7, 11) is 0. The predicted octanol–water partition coefficient (Wildman–Crippen LogP) is 9.92. The van der Waals surface area contributed by atoms with E-state index >= 15 is 0 Å². The van der Waals surface area contributed by atoms with E-state index in [-0.39, 0.29) is 10.8 Å². The molecule has 0 aromatic heterocycles. The zero-order chi connectivity index (χ0) is 24.1. The fourth-order valence-electron chi connectivity index (χ4n) is 4.94. The van der Waals surface area contributed by atoms with Crippen molar-refractivity contribution in [3.8, 4) is 22.3 Å². The van der Waals surface area contributed by atoms with Gasteiger partial charge in [0, 0.05) is 0 Å². The second-order valence-electron chi connectivity index (χ2n) is 11.5. The third kappa shape index (κ3) is 4.03. The molecule has 5 aromatic rings. The van der Waals surface area contributed by atoms with E-state index in [4.69, 9.17) is 0 Å². The van der Waals surface area contributed by atoms with E-state index < -0.39 is 0 Å². The van der Waals surface area contributed by atoms with Gasteiger partial charge in [-0.2, -0.15) is 0 Å². The van der Waals surface area contributed by atoms with Gasteiger partial charge < -0.3 is 0 Å². The van der Waals surface area contributed by atoms with E-state index in [1.54, 1.807) is 0 Å². The highest BCUT2D eigenvalue weighted by atomic mass is 14.2.